The first kappa shape index (κ1) is 15.7. The van der Waals surface area contributed by atoms with Gasteiger partial charge < -0.3 is 13.8 Å². The van der Waals surface area contributed by atoms with E-state index in [1.807, 2.05) is 0 Å². The third-order valence-electron chi connectivity index (χ3n) is 1.07. The molecule has 0 aliphatic carbocycles. The van der Waals surface area contributed by atoms with Gasteiger partial charge in [-0.2, -0.15) is 13.2 Å². The van der Waals surface area contributed by atoms with Crippen LogP contribution in [0.1, 0.15) is 0 Å². The molecule has 0 N–H and O–H groups in total. The van der Waals surface area contributed by atoms with E-state index in [0.717, 1.165) is 0 Å². The highest BCUT2D eigenvalue weighted by atomic mass is 31.2. The second kappa shape index (κ2) is 7.08. The number of hydrogen-bond acceptors (Lipinski definition) is 5. The monoisotopic (exact) mass is 272 g/mol. The van der Waals surface area contributed by atoms with Crippen LogP contribution in [-0.2, 0) is 22.9 Å². The fourth-order valence-corrected chi connectivity index (χ4v) is 1.30. The van der Waals surface area contributed by atoms with Crippen LogP contribution in [0.2, 0.25) is 0 Å². The van der Waals surface area contributed by atoms with Gasteiger partial charge in [0.15, 0.2) is 0 Å². The summed E-state index contributed by atoms with van der Waals surface area (Å²) in [6, 6.07) is 0. The van der Waals surface area contributed by atoms with Gasteiger partial charge in [0.05, 0.1) is 13.2 Å². The molecule has 0 saturated heterocycles. The molecule has 9 heteroatoms. The van der Waals surface area contributed by atoms with Crippen LogP contribution in [0.5, 0.6) is 0 Å². The molecule has 96 valence electrons. The van der Waals surface area contributed by atoms with Crippen molar-refractivity contribution in [2.45, 2.75) is 6.18 Å². The van der Waals surface area contributed by atoms with Gasteiger partial charge in [-0.05, 0) is 0 Å². The van der Waals surface area contributed by atoms with Crippen molar-refractivity contribution in [3.63, 3.8) is 0 Å². The van der Waals surface area contributed by atoms with Crippen molar-refractivity contribution < 1.29 is 36.0 Å². The lowest BCUT2D eigenvalue weighted by molar-refractivity contribution is -0.175. The third-order valence-corrected chi connectivity index (χ3v) is 2.23. The molecule has 0 radical (unpaired) electrons. The molecule has 0 spiro atoms. The highest BCUT2D eigenvalue weighted by Gasteiger charge is 2.30. The van der Waals surface area contributed by atoms with Crippen molar-refractivity contribution in [2.24, 2.45) is 0 Å². The maximum absolute atomic E-state index is 11.6. The normalized spacial score (nSPS) is 11.4. The molecule has 0 aliphatic heterocycles. The summed E-state index contributed by atoms with van der Waals surface area (Å²) in [7, 11) is -4.13. The average molecular weight is 272 g/mol. The number of rotatable bonds is 7. The summed E-state index contributed by atoms with van der Waals surface area (Å²) in [5, 5.41) is 0. The molecule has 0 aromatic rings. The van der Waals surface area contributed by atoms with Crippen LogP contribution >= 0.6 is 7.82 Å². The maximum Gasteiger partial charge on any atom is 0.604 e. The predicted octanol–water partition coefficient (Wildman–Crippen LogP) is 1.90. The first-order chi connectivity index (χ1) is 7.83. The molecule has 0 heterocycles. The molecular weight excluding hydrogens is 264 g/mol. The minimum atomic E-state index is -4.45. The maximum atomic E-state index is 11.6. The molecule has 0 unspecified atom stereocenters. The molecule has 0 fully saturated rings. The number of phosphoric acid groups is 1. The average Bonchev–Trinajstić information content (AvgIpc) is 2.16. The van der Waals surface area contributed by atoms with Gasteiger partial charge in [-0.1, -0.05) is 12.8 Å². The fourth-order valence-electron chi connectivity index (χ4n) is 0.596. The zero-order valence-electron chi connectivity index (χ0n) is 8.40. The van der Waals surface area contributed by atoms with E-state index >= 15 is 0 Å². The summed E-state index contributed by atoms with van der Waals surface area (Å²) in [5.41, 5.74) is 0. The van der Waals surface area contributed by atoms with E-state index in [0.29, 0.717) is 0 Å². The van der Waals surface area contributed by atoms with Crippen LogP contribution in [-0.4, -0.2) is 26.0 Å². The standard InChI is InChI=1S/C8H8F3O5P/c1-3-14-17(12,15-4-2)16-6-5-13-7-8(9,10)11/h1-2H,5-7H2. The quantitative estimate of drug-likeness (QED) is 0.402. The van der Waals surface area contributed by atoms with Crippen molar-refractivity contribution in [1.29, 1.82) is 0 Å². The zero-order chi connectivity index (χ0) is 13.4. The molecule has 5 nitrogen and oxygen atoms in total. The summed E-state index contributed by atoms with van der Waals surface area (Å²) in [4.78, 5) is 0. The second-order valence-electron chi connectivity index (χ2n) is 2.37. The largest absolute Gasteiger partial charge is 0.604 e. The minimum absolute atomic E-state index is 0.481. The molecule has 0 atom stereocenters. The first-order valence-electron chi connectivity index (χ1n) is 4.00. The third kappa shape index (κ3) is 8.47. The van der Waals surface area contributed by atoms with E-state index in [9.17, 15) is 17.7 Å². The van der Waals surface area contributed by atoms with Crippen LogP contribution in [0.4, 0.5) is 13.2 Å². The Bertz CT molecular complexity index is 334. The van der Waals surface area contributed by atoms with E-state index in [-0.39, 0.29) is 0 Å². The van der Waals surface area contributed by atoms with Gasteiger partial charge >= 0.3 is 14.0 Å². The van der Waals surface area contributed by atoms with Crippen molar-refractivity contribution >= 4 is 7.82 Å². The van der Waals surface area contributed by atoms with Crippen molar-refractivity contribution in [3.05, 3.63) is 0 Å². The van der Waals surface area contributed by atoms with Gasteiger partial charge in [0.25, 0.3) is 0 Å². The molecule has 0 saturated carbocycles. The van der Waals surface area contributed by atoms with Gasteiger partial charge in [-0.25, -0.2) is 4.57 Å². The number of hydrogen-bond donors (Lipinski definition) is 0. The highest BCUT2D eigenvalue weighted by Crippen LogP contribution is 2.48. The molecule has 0 amide bonds. The van der Waals surface area contributed by atoms with Crippen LogP contribution in [0, 0.1) is 25.1 Å². The van der Waals surface area contributed by atoms with Crippen LogP contribution in [0.15, 0.2) is 0 Å². The Morgan fingerprint density at radius 1 is 1.12 bits per heavy atom. The number of ether oxygens (including phenoxy) is 1. The van der Waals surface area contributed by atoms with E-state index in [4.69, 9.17) is 0 Å². The summed E-state index contributed by atoms with van der Waals surface area (Å²) in [6.45, 7) is -2.42. The Kier molecular flexibility index (Phi) is 6.52. The molecular formula is C8H8F3O5P. The van der Waals surface area contributed by atoms with E-state index in [2.05, 4.69) is 31.2 Å². The Morgan fingerprint density at radius 2 is 1.65 bits per heavy atom. The molecule has 0 aromatic carbocycles. The zero-order valence-corrected chi connectivity index (χ0v) is 9.29. The summed E-state index contributed by atoms with van der Waals surface area (Å²) >= 11 is 0. The van der Waals surface area contributed by atoms with Gasteiger partial charge in [-0.3, -0.25) is 4.52 Å². The van der Waals surface area contributed by atoms with Gasteiger partial charge in [0.1, 0.15) is 18.8 Å². The Balaban J connectivity index is 3.90. The lowest BCUT2D eigenvalue weighted by atomic mass is 10.7. The smallest absolute Gasteiger partial charge is 0.370 e. The first-order valence-corrected chi connectivity index (χ1v) is 5.46. The van der Waals surface area contributed by atoms with Crippen LogP contribution in [0.3, 0.4) is 0 Å². The van der Waals surface area contributed by atoms with Crippen LogP contribution in [0.25, 0.3) is 0 Å². The predicted molar refractivity (Wildman–Crippen MR) is 50.3 cm³/mol. The molecule has 0 aromatic heterocycles. The minimum Gasteiger partial charge on any atom is -0.370 e. The van der Waals surface area contributed by atoms with Crippen molar-refractivity contribution in [3.8, 4) is 25.1 Å². The second-order valence-corrected chi connectivity index (χ2v) is 3.88. The fraction of sp³-hybridized carbons (Fsp3) is 0.500. The number of alkyl halides is 3. The highest BCUT2D eigenvalue weighted by molar-refractivity contribution is 7.48. The lowest BCUT2D eigenvalue weighted by Gasteiger charge is -2.12. The van der Waals surface area contributed by atoms with Crippen LogP contribution < -0.4 is 0 Å². The Morgan fingerprint density at radius 3 is 2.06 bits per heavy atom. The SMILES string of the molecule is C#COP(=O)(OC#C)OCCOCC(F)(F)F. The van der Waals surface area contributed by atoms with Gasteiger partial charge in [0.2, 0.25) is 0 Å². The topological polar surface area (TPSA) is 54.0 Å². The molecule has 17 heavy (non-hydrogen) atoms. The lowest BCUT2D eigenvalue weighted by Crippen LogP contribution is -2.18. The van der Waals surface area contributed by atoms with Gasteiger partial charge in [-0.15, -0.1) is 0 Å². The Hall–Kier alpha value is -1.34. The van der Waals surface area contributed by atoms with Gasteiger partial charge in [0, 0.05) is 0 Å². The summed E-state index contributed by atoms with van der Waals surface area (Å²) in [6.07, 6.45) is 7.97. The van der Waals surface area contributed by atoms with E-state index in [1.165, 1.54) is 12.2 Å². The number of terminal acetylenes is 2. The summed E-state index contributed by atoms with van der Waals surface area (Å²) < 4.78 is 63.1. The van der Waals surface area contributed by atoms with Crippen molar-refractivity contribution in [1.82, 2.24) is 0 Å². The number of phosphoric ester groups is 1. The van der Waals surface area contributed by atoms with E-state index < -0.39 is 33.8 Å². The Labute approximate surface area is 95.8 Å². The summed E-state index contributed by atoms with van der Waals surface area (Å²) in [5.74, 6) is 0. The molecule has 0 aliphatic rings. The number of halogens is 3. The molecule has 0 rings (SSSR count). The van der Waals surface area contributed by atoms with E-state index in [1.54, 1.807) is 0 Å². The molecule has 0 bridgehead atoms. The van der Waals surface area contributed by atoms with Crippen molar-refractivity contribution in [2.75, 3.05) is 19.8 Å².